The fourth-order valence-electron chi connectivity index (χ4n) is 3.28. The summed E-state index contributed by atoms with van der Waals surface area (Å²) in [5.74, 6) is 0.913. The first-order valence-corrected chi connectivity index (χ1v) is 6.80. The van der Waals surface area contributed by atoms with E-state index >= 15 is 0 Å². The third kappa shape index (κ3) is 3.18. The van der Waals surface area contributed by atoms with Crippen LogP contribution in [0.2, 0.25) is 0 Å². The van der Waals surface area contributed by atoms with Gasteiger partial charge in [-0.15, -0.1) is 0 Å². The maximum absolute atomic E-state index is 3.54. The van der Waals surface area contributed by atoms with Crippen LogP contribution in [-0.2, 0) is 0 Å². The molecule has 0 aromatic carbocycles. The third-order valence-corrected chi connectivity index (χ3v) is 4.22. The molecule has 2 heteroatoms. The second kappa shape index (κ2) is 5.86. The normalized spacial score (nSPS) is 34.2. The molecule has 15 heavy (non-hydrogen) atoms. The predicted octanol–water partition coefficient (Wildman–Crippen LogP) is 2.25. The van der Waals surface area contributed by atoms with Gasteiger partial charge in [0.2, 0.25) is 0 Å². The van der Waals surface area contributed by atoms with Gasteiger partial charge >= 0.3 is 0 Å². The smallest absolute Gasteiger partial charge is 0.0104 e. The van der Waals surface area contributed by atoms with Crippen molar-refractivity contribution in [1.82, 2.24) is 10.2 Å². The molecule has 1 N–H and O–H groups in total. The van der Waals surface area contributed by atoms with Crippen molar-refractivity contribution in [3.8, 4) is 0 Å². The van der Waals surface area contributed by atoms with Crippen molar-refractivity contribution < 1.29 is 0 Å². The summed E-state index contributed by atoms with van der Waals surface area (Å²) in [6.07, 6.45) is 10.0. The minimum absolute atomic E-state index is 0.785. The number of nitrogens with one attached hydrogen (secondary N) is 1. The molecule has 2 aliphatic rings. The van der Waals surface area contributed by atoms with Crippen molar-refractivity contribution in [3.63, 3.8) is 0 Å². The first-order chi connectivity index (χ1) is 7.40. The standard InChI is InChI=1S/C13H26N2/c1-14-13-8-4-2-3-7-12(13)11-15-9-5-6-10-15/h12-14H,2-11H2,1H3. The van der Waals surface area contributed by atoms with Gasteiger partial charge < -0.3 is 10.2 Å². The minimum atomic E-state index is 0.785. The van der Waals surface area contributed by atoms with Gasteiger partial charge in [-0.05, 0) is 51.7 Å². The zero-order valence-corrected chi connectivity index (χ0v) is 10.2. The summed E-state index contributed by atoms with van der Waals surface area (Å²) < 4.78 is 0. The first-order valence-electron chi connectivity index (χ1n) is 6.80. The van der Waals surface area contributed by atoms with Crippen LogP contribution in [-0.4, -0.2) is 37.6 Å². The monoisotopic (exact) mass is 210 g/mol. The SMILES string of the molecule is CNC1CCCCCC1CN1CCCC1. The molecule has 1 heterocycles. The van der Waals surface area contributed by atoms with Crippen molar-refractivity contribution >= 4 is 0 Å². The van der Waals surface area contributed by atoms with Gasteiger partial charge in [0.15, 0.2) is 0 Å². The quantitative estimate of drug-likeness (QED) is 0.719. The molecule has 0 aromatic heterocycles. The summed E-state index contributed by atoms with van der Waals surface area (Å²) in [5.41, 5.74) is 0. The van der Waals surface area contributed by atoms with Crippen molar-refractivity contribution in [2.75, 3.05) is 26.7 Å². The lowest BCUT2D eigenvalue weighted by atomic mass is 9.94. The molecule has 2 fully saturated rings. The van der Waals surface area contributed by atoms with E-state index < -0.39 is 0 Å². The Hall–Kier alpha value is -0.0800. The van der Waals surface area contributed by atoms with Gasteiger partial charge in [-0.1, -0.05) is 19.3 Å². The average Bonchev–Trinajstić information content (AvgIpc) is 2.64. The van der Waals surface area contributed by atoms with E-state index in [2.05, 4.69) is 17.3 Å². The first kappa shape index (κ1) is 11.4. The van der Waals surface area contributed by atoms with Gasteiger partial charge in [-0.25, -0.2) is 0 Å². The second-order valence-corrected chi connectivity index (χ2v) is 5.30. The van der Waals surface area contributed by atoms with E-state index in [0.29, 0.717) is 0 Å². The number of hydrogen-bond acceptors (Lipinski definition) is 2. The van der Waals surface area contributed by atoms with Crippen LogP contribution in [0.3, 0.4) is 0 Å². The van der Waals surface area contributed by atoms with E-state index in [1.54, 1.807) is 0 Å². The highest BCUT2D eigenvalue weighted by Gasteiger charge is 2.25. The predicted molar refractivity (Wildman–Crippen MR) is 65.1 cm³/mol. The Balaban J connectivity index is 1.85. The summed E-state index contributed by atoms with van der Waals surface area (Å²) in [6, 6.07) is 0.785. The molecule has 0 spiro atoms. The van der Waals surface area contributed by atoms with Crippen molar-refractivity contribution in [2.45, 2.75) is 51.0 Å². The fourth-order valence-corrected chi connectivity index (χ4v) is 3.28. The number of hydrogen-bond donors (Lipinski definition) is 1. The lowest BCUT2D eigenvalue weighted by Gasteiger charge is -2.28. The van der Waals surface area contributed by atoms with E-state index in [1.165, 1.54) is 64.6 Å². The van der Waals surface area contributed by atoms with Crippen LogP contribution in [0.4, 0.5) is 0 Å². The van der Waals surface area contributed by atoms with Gasteiger partial charge in [0, 0.05) is 12.6 Å². The van der Waals surface area contributed by atoms with Gasteiger partial charge in [-0.2, -0.15) is 0 Å². The van der Waals surface area contributed by atoms with E-state index in [-0.39, 0.29) is 0 Å². The van der Waals surface area contributed by atoms with Crippen LogP contribution in [0.1, 0.15) is 44.9 Å². The molecule has 1 saturated heterocycles. The van der Waals surface area contributed by atoms with E-state index in [4.69, 9.17) is 0 Å². The molecule has 2 rings (SSSR count). The molecule has 1 aliphatic heterocycles. The van der Waals surface area contributed by atoms with Crippen LogP contribution >= 0.6 is 0 Å². The molecule has 0 radical (unpaired) electrons. The molecule has 0 aromatic rings. The summed E-state index contributed by atoms with van der Waals surface area (Å²) >= 11 is 0. The molecule has 0 amide bonds. The average molecular weight is 210 g/mol. The molecule has 1 saturated carbocycles. The molecular formula is C13H26N2. The highest BCUT2D eigenvalue weighted by molar-refractivity contribution is 4.82. The van der Waals surface area contributed by atoms with Crippen LogP contribution < -0.4 is 5.32 Å². The van der Waals surface area contributed by atoms with Crippen LogP contribution in [0.25, 0.3) is 0 Å². The summed E-state index contributed by atoms with van der Waals surface area (Å²) in [5, 5.41) is 3.54. The number of nitrogens with zero attached hydrogens (tertiary/aromatic N) is 1. The Morgan fingerprint density at radius 1 is 1.00 bits per heavy atom. The van der Waals surface area contributed by atoms with Crippen LogP contribution in [0, 0.1) is 5.92 Å². The zero-order chi connectivity index (χ0) is 10.5. The van der Waals surface area contributed by atoms with E-state index in [9.17, 15) is 0 Å². The molecule has 1 aliphatic carbocycles. The van der Waals surface area contributed by atoms with Gasteiger partial charge in [0.25, 0.3) is 0 Å². The molecular weight excluding hydrogens is 184 g/mol. The number of rotatable bonds is 3. The molecule has 2 nitrogen and oxygen atoms in total. The molecule has 2 unspecified atom stereocenters. The van der Waals surface area contributed by atoms with Gasteiger partial charge in [0.05, 0.1) is 0 Å². The van der Waals surface area contributed by atoms with Crippen molar-refractivity contribution in [1.29, 1.82) is 0 Å². The highest BCUT2D eigenvalue weighted by Crippen LogP contribution is 2.25. The summed E-state index contributed by atoms with van der Waals surface area (Å²) in [6.45, 7) is 4.06. The molecule has 2 atom stereocenters. The zero-order valence-electron chi connectivity index (χ0n) is 10.2. The van der Waals surface area contributed by atoms with E-state index in [1.807, 2.05) is 0 Å². The lowest BCUT2D eigenvalue weighted by Crippen LogP contribution is -2.39. The van der Waals surface area contributed by atoms with Crippen LogP contribution in [0.5, 0.6) is 0 Å². The second-order valence-electron chi connectivity index (χ2n) is 5.30. The Labute approximate surface area is 94.4 Å². The Morgan fingerprint density at radius 3 is 2.47 bits per heavy atom. The Kier molecular flexibility index (Phi) is 4.45. The van der Waals surface area contributed by atoms with Gasteiger partial charge in [-0.3, -0.25) is 0 Å². The maximum atomic E-state index is 3.54. The minimum Gasteiger partial charge on any atom is -0.317 e. The highest BCUT2D eigenvalue weighted by atomic mass is 15.1. The number of likely N-dealkylation sites (tertiary alicyclic amines) is 1. The molecule has 88 valence electrons. The van der Waals surface area contributed by atoms with Crippen molar-refractivity contribution in [2.24, 2.45) is 5.92 Å². The molecule has 0 bridgehead atoms. The largest absolute Gasteiger partial charge is 0.317 e. The van der Waals surface area contributed by atoms with Crippen LogP contribution in [0.15, 0.2) is 0 Å². The summed E-state index contributed by atoms with van der Waals surface area (Å²) in [4.78, 5) is 2.68. The van der Waals surface area contributed by atoms with E-state index in [0.717, 1.165) is 12.0 Å². The fraction of sp³-hybridized carbons (Fsp3) is 1.00. The van der Waals surface area contributed by atoms with Gasteiger partial charge in [0.1, 0.15) is 0 Å². The topological polar surface area (TPSA) is 15.3 Å². The lowest BCUT2D eigenvalue weighted by molar-refractivity contribution is 0.229. The Morgan fingerprint density at radius 2 is 1.73 bits per heavy atom. The maximum Gasteiger partial charge on any atom is 0.0104 e. The third-order valence-electron chi connectivity index (χ3n) is 4.22. The van der Waals surface area contributed by atoms with Crippen molar-refractivity contribution in [3.05, 3.63) is 0 Å². The summed E-state index contributed by atoms with van der Waals surface area (Å²) in [7, 11) is 2.15. The Bertz CT molecular complexity index is 175.